The molecule has 1 aliphatic rings. The molecular weight excluding hydrogens is 400 g/mol. The molecule has 1 heterocycles. The molecular formula is C15H17NNa2O6S2. The third-order valence-electron chi connectivity index (χ3n) is 4.43. The molecule has 3 rings (SSSR count). The number of hydrogen-bond donors (Lipinski definition) is 2. The fraction of sp³-hybridized carbons (Fsp3) is 0.267. The Morgan fingerprint density at radius 3 is 2.04 bits per heavy atom. The molecule has 0 saturated heterocycles. The number of rotatable bonds is 2. The van der Waals surface area contributed by atoms with Crippen LogP contribution < -0.4 is 0 Å². The Bertz CT molecular complexity index is 1140. The second-order valence-electron chi connectivity index (χ2n) is 6.25. The predicted octanol–water partition coefficient (Wildman–Crippen LogP) is 1.42. The van der Waals surface area contributed by atoms with E-state index in [1.165, 1.54) is 12.1 Å². The summed E-state index contributed by atoms with van der Waals surface area (Å²) < 4.78 is 65.4. The van der Waals surface area contributed by atoms with Gasteiger partial charge >= 0.3 is 59.1 Å². The van der Waals surface area contributed by atoms with E-state index in [2.05, 4.69) is 4.99 Å². The summed E-state index contributed by atoms with van der Waals surface area (Å²) in [6, 6.07) is 5.09. The topological polar surface area (TPSA) is 121 Å². The fourth-order valence-electron chi connectivity index (χ4n) is 2.97. The van der Waals surface area contributed by atoms with E-state index >= 15 is 0 Å². The minimum atomic E-state index is -4.73. The van der Waals surface area contributed by atoms with Gasteiger partial charge in [-0.1, -0.05) is 19.9 Å². The first-order valence-corrected chi connectivity index (χ1v) is 9.83. The van der Waals surface area contributed by atoms with Gasteiger partial charge in [0.1, 0.15) is 4.90 Å². The van der Waals surface area contributed by atoms with Gasteiger partial charge in [-0.15, -0.1) is 0 Å². The van der Waals surface area contributed by atoms with Crippen molar-refractivity contribution >= 4 is 102 Å². The molecule has 2 aromatic rings. The zero-order valence-corrected chi connectivity index (χ0v) is 14.7. The van der Waals surface area contributed by atoms with E-state index < -0.39 is 35.4 Å². The van der Waals surface area contributed by atoms with Crippen molar-refractivity contribution in [1.29, 1.82) is 0 Å². The predicted molar refractivity (Wildman–Crippen MR) is 104 cm³/mol. The zero-order valence-electron chi connectivity index (χ0n) is 13.1. The number of fused-ring (bicyclic) bond motifs is 3. The molecule has 0 amide bonds. The second kappa shape index (κ2) is 7.55. The van der Waals surface area contributed by atoms with E-state index in [1.807, 2.05) is 20.8 Å². The Labute approximate surface area is 196 Å². The van der Waals surface area contributed by atoms with Gasteiger partial charge < -0.3 is 0 Å². The van der Waals surface area contributed by atoms with Gasteiger partial charge in [-0.3, -0.25) is 14.1 Å². The van der Waals surface area contributed by atoms with Crippen molar-refractivity contribution in [3.05, 3.63) is 29.8 Å². The Hall–Kier alpha value is 0.190. The second-order valence-corrected chi connectivity index (χ2v) is 9.06. The molecule has 0 spiro atoms. The van der Waals surface area contributed by atoms with E-state index in [1.54, 1.807) is 6.07 Å². The quantitative estimate of drug-likeness (QED) is 0.563. The first-order valence-electron chi connectivity index (χ1n) is 6.95. The summed E-state index contributed by atoms with van der Waals surface area (Å²) >= 11 is 0. The molecule has 0 aliphatic carbocycles. The van der Waals surface area contributed by atoms with Crippen LogP contribution in [-0.4, -0.2) is 90.8 Å². The van der Waals surface area contributed by atoms with Crippen LogP contribution in [0.4, 0.5) is 5.69 Å². The Balaban J connectivity index is 0.00000169. The van der Waals surface area contributed by atoms with Crippen molar-refractivity contribution in [2.45, 2.75) is 36.0 Å². The van der Waals surface area contributed by atoms with Gasteiger partial charge in [0, 0.05) is 16.5 Å². The Morgan fingerprint density at radius 1 is 0.962 bits per heavy atom. The summed E-state index contributed by atoms with van der Waals surface area (Å²) in [5.41, 5.74) is 1.33. The van der Waals surface area contributed by atoms with Crippen LogP contribution in [0, 0.1) is 0 Å². The zero-order chi connectivity index (χ0) is 18.1. The number of hydrogen-bond acceptors (Lipinski definition) is 5. The van der Waals surface area contributed by atoms with Crippen LogP contribution in [0.3, 0.4) is 0 Å². The molecule has 0 atom stereocenters. The summed E-state index contributed by atoms with van der Waals surface area (Å²) in [5.74, 6) is 0. The summed E-state index contributed by atoms with van der Waals surface area (Å²) in [4.78, 5) is 3.25. The molecule has 0 saturated carbocycles. The molecule has 2 aromatic carbocycles. The van der Waals surface area contributed by atoms with E-state index in [9.17, 15) is 25.9 Å². The van der Waals surface area contributed by atoms with Crippen molar-refractivity contribution < 1.29 is 25.9 Å². The van der Waals surface area contributed by atoms with Gasteiger partial charge in [-0.25, -0.2) is 0 Å². The van der Waals surface area contributed by atoms with E-state index in [0.29, 0.717) is 11.3 Å². The Morgan fingerprint density at radius 2 is 1.54 bits per heavy atom. The molecule has 7 nitrogen and oxygen atoms in total. The molecule has 0 bridgehead atoms. The van der Waals surface area contributed by atoms with Crippen LogP contribution >= 0.6 is 0 Å². The van der Waals surface area contributed by atoms with Gasteiger partial charge in [0.2, 0.25) is 0 Å². The van der Waals surface area contributed by atoms with Crippen molar-refractivity contribution in [3.63, 3.8) is 0 Å². The average molecular weight is 417 g/mol. The first kappa shape index (κ1) is 24.2. The minimum absolute atomic E-state index is 0. The van der Waals surface area contributed by atoms with Gasteiger partial charge in [0.05, 0.1) is 10.6 Å². The van der Waals surface area contributed by atoms with Gasteiger partial charge in [0.15, 0.2) is 0 Å². The Kier molecular flexibility index (Phi) is 7.03. The van der Waals surface area contributed by atoms with E-state index in [0.717, 1.165) is 11.8 Å². The number of aliphatic imine (C=N–C) groups is 1. The first-order chi connectivity index (χ1) is 10.8. The molecule has 11 heteroatoms. The monoisotopic (exact) mass is 417 g/mol. The maximum absolute atomic E-state index is 11.9. The average Bonchev–Trinajstić information content (AvgIpc) is 2.66. The summed E-state index contributed by atoms with van der Waals surface area (Å²) in [7, 11) is -9.36. The van der Waals surface area contributed by atoms with Crippen LogP contribution in [0.1, 0.15) is 26.3 Å². The van der Waals surface area contributed by atoms with Crippen molar-refractivity contribution in [1.82, 2.24) is 0 Å². The molecule has 26 heavy (non-hydrogen) atoms. The maximum atomic E-state index is 11.9. The summed E-state index contributed by atoms with van der Waals surface area (Å²) in [5, 5.41) is 0.475. The van der Waals surface area contributed by atoms with E-state index in [4.69, 9.17) is 0 Å². The van der Waals surface area contributed by atoms with Crippen molar-refractivity contribution in [3.8, 4) is 0 Å². The molecule has 1 aliphatic heterocycles. The summed E-state index contributed by atoms with van der Waals surface area (Å²) in [6.07, 6.45) is 0. The third-order valence-corrected chi connectivity index (χ3v) is 6.14. The van der Waals surface area contributed by atoms with Crippen molar-refractivity contribution in [2.24, 2.45) is 4.99 Å². The fourth-order valence-corrected chi connectivity index (χ4v) is 4.34. The normalized spacial score (nSPS) is 15.7. The van der Waals surface area contributed by atoms with Crippen LogP contribution in [0.2, 0.25) is 0 Å². The third kappa shape index (κ3) is 3.98. The standard InChI is InChI=1S/C15H15NO6S2.2Na.2H/c1-8-15(2,3)14-11(16-8)5-4-9-6-10(23(17,18)19)7-12(13(9)14)24(20,21)22;;;;/h4-7H,1-3H3,(H,17,18,19)(H,20,21,22);;;;. The van der Waals surface area contributed by atoms with Crippen LogP contribution in [0.15, 0.2) is 39.0 Å². The number of nitrogens with zero attached hydrogens (tertiary/aromatic N) is 1. The SMILES string of the molecule is CC1=Nc2ccc3cc(S(=O)(=O)O)cc(S(=O)(=O)O)c3c2C1(C)C.[NaH].[NaH]. The van der Waals surface area contributed by atoms with Gasteiger partial charge in [0.25, 0.3) is 20.2 Å². The molecule has 0 unspecified atom stereocenters. The van der Waals surface area contributed by atoms with Crippen molar-refractivity contribution in [2.75, 3.05) is 0 Å². The molecule has 0 radical (unpaired) electrons. The molecule has 132 valence electrons. The van der Waals surface area contributed by atoms with Crippen LogP contribution in [0.25, 0.3) is 10.8 Å². The summed E-state index contributed by atoms with van der Waals surface area (Å²) in [6.45, 7) is 5.54. The molecule has 0 aromatic heterocycles. The molecule has 0 fully saturated rings. The van der Waals surface area contributed by atoms with Gasteiger partial charge in [-0.2, -0.15) is 16.8 Å². The van der Waals surface area contributed by atoms with E-state index in [-0.39, 0.29) is 69.9 Å². The van der Waals surface area contributed by atoms with Crippen LogP contribution in [0.5, 0.6) is 0 Å². The molecule has 2 N–H and O–H groups in total. The van der Waals surface area contributed by atoms with Crippen LogP contribution in [-0.2, 0) is 25.7 Å². The number of benzene rings is 2. The van der Waals surface area contributed by atoms with Gasteiger partial charge in [-0.05, 0) is 36.1 Å².